The molecule has 0 saturated carbocycles. The van der Waals surface area contributed by atoms with Crippen LogP contribution in [0.15, 0.2) is 30.9 Å². The summed E-state index contributed by atoms with van der Waals surface area (Å²) >= 11 is 0. The van der Waals surface area contributed by atoms with Gasteiger partial charge >= 0.3 is 0 Å². The van der Waals surface area contributed by atoms with E-state index in [9.17, 15) is 5.11 Å². The number of rotatable bonds is 4. The van der Waals surface area contributed by atoms with Gasteiger partial charge in [-0.05, 0) is 31.0 Å². The normalized spacial score (nSPS) is 11.0. The van der Waals surface area contributed by atoms with Gasteiger partial charge in [-0.2, -0.15) is 5.26 Å². The average molecular weight is 239 g/mol. The Bertz CT molecular complexity index is 398. The van der Waals surface area contributed by atoms with E-state index in [4.69, 9.17) is 11.0 Å². The van der Waals surface area contributed by atoms with Crippen molar-refractivity contribution in [2.24, 2.45) is 5.73 Å². The number of hydrogen-bond donors (Lipinski definition) is 2. The third kappa shape index (κ3) is 3.58. The molecule has 0 aliphatic carbocycles. The molecule has 1 rings (SSSR count). The van der Waals surface area contributed by atoms with Crippen molar-refractivity contribution in [1.29, 1.82) is 5.26 Å². The molecule has 0 saturated heterocycles. The van der Waals surface area contributed by atoms with E-state index in [-0.39, 0.29) is 24.2 Å². The maximum Gasteiger partial charge on any atom is 0.120 e. The minimum absolute atomic E-state index is 0. The summed E-state index contributed by atoms with van der Waals surface area (Å²) in [5.74, 6) is 0.144. The second-order valence-corrected chi connectivity index (χ2v) is 3.36. The summed E-state index contributed by atoms with van der Waals surface area (Å²) < 4.78 is 0. The first-order chi connectivity index (χ1) is 7.19. The van der Waals surface area contributed by atoms with Gasteiger partial charge in [-0.1, -0.05) is 6.08 Å². The molecular formula is C12H15ClN2O. The molecule has 0 aliphatic rings. The van der Waals surface area contributed by atoms with Crippen LogP contribution in [-0.2, 0) is 0 Å². The number of nitriles is 1. The van der Waals surface area contributed by atoms with Crippen molar-refractivity contribution in [1.82, 2.24) is 0 Å². The van der Waals surface area contributed by atoms with Gasteiger partial charge < -0.3 is 10.8 Å². The van der Waals surface area contributed by atoms with Gasteiger partial charge in [-0.25, -0.2) is 0 Å². The lowest BCUT2D eigenvalue weighted by Gasteiger charge is -2.12. The van der Waals surface area contributed by atoms with E-state index < -0.39 is 0 Å². The summed E-state index contributed by atoms with van der Waals surface area (Å²) in [7, 11) is 0. The Hall–Kier alpha value is -1.50. The molecule has 86 valence electrons. The zero-order valence-electron chi connectivity index (χ0n) is 8.89. The van der Waals surface area contributed by atoms with E-state index in [1.807, 2.05) is 6.07 Å². The van der Waals surface area contributed by atoms with E-state index in [1.165, 1.54) is 6.07 Å². The van der Waals surface area contributed by atoms with Gasteiger partial charge in [0.15, 0.2) is 0 Å². The Morgan fingerprint density at radius 2 is 2.25 bits per heavy atom. The lowest BCUT2D eigenvalue weighted by atomic mass is 10.00. The maximum atomic E-state index is 9.58. The van der Waals surface area contributed by atoms with Crippen LogP contribution in [0.4, 0.5) is 0 Å². The summed E-state index contributed by atoms with van der Waals surface area (Å²) in [5.41, 5.74) is 7.02. The largest absolute Gasteiger partial charge is 0.508 e. The van der Waals surface area contributed by atoms with Crippen LogP contribution in [0, 0.1) is 11.3 Å². The van der Waals surface area contributed by atoms with Crippen molar-refractivity contribution in [3.8, 4) is 11.8 Å². The molecule has 3 N–H and O–H groups in total. The number of phenols is 1. The standard InChI is InChI=1S/C12H14N2O.ClH/c1-2-3-4-11(14)10-7-9(8-13)5-6-12(10)15;/h2,5-7,11,15H,1,3-4,14H2;1H/t11-;/m1./s1. The number of nitrogens with zero attached hydrogens (tertiary/aromatic N) is 1. The molecule has 3 nitrogen and oxygen atoms in total. The molecule has 16 heavy (non-hydrogen) atoms. The second kappa shape index (κ2) is 6.89. The molecule has 0 amide bonds. The van der Waals surface area contributed by atoms with Crippen LogP contribution in [0.2, 0.25) is 0 Å². The van der Waals surface area contributed by atoms with Crippen molar-refractivity contribution in [2.45, 2.75) is 18.9 Å². The molecule has 0 bridgehead atoms. The van der Waals surface area contributed by atoms with Gasteiger partial charge in [0.25, 0.3) is 0 Å². The first kappa shape index (κ1) is 14.5. The molecule has 0 spiro atoms. The molecule has 4 heteroatoms. The van der Waals surface area contributed by atoms with E-state index in [0.717, 1.165) is 6.42 Å². The van der Waals surface area contributed by atoms with Crippen molar-refractivity contribution in [3.63, 3.8) is 0 Å². The number of aromatic hydroxyl groups is 1. The quantitative estimate of drug-likeness (QED) is 0.793. The Kier molecular flexibility index (Phi) is 6.24. The number of allylic oxidation sites excluding steroid dienone is 1. The lowest BCUT2D eigenvalue weighted by Crippen LogP contribution is -2.10. The molecule has 1 aromatic rings. The van der Waals surface area contributed by atoms with Crippen LogP contribution in [0.3, 0.4) is 0 Å². The highest BCUT2D eigenvalue weighted by molar-refractivity contribution is 5.85. The van der Waals surface area contributed by atoms with E-state index in [2.05, 4.69) is 6.58 Å². The topological polar surface area (TPSA) is 70.0 Å². The Labute approximate surface area is 102 Å². The van der Waals surface area contributed by atoms with Crippen LogP contribution in [-0.4, -0.2) is 5.11 Å². The SMILES string of the molecule is C=CCC[C@@H](N)c1cc(C#N)ccc1O.Cl. The minimum Gasteiger partial charge on any atom is -0.508 e. The van der Waals surface area contributed by atoms with Gasteiger partial charge in [0.2, 0.25) is 0 Å². The molecule has 0 unspecified atom stereocenters. The molecule has 0 radical (unpaired) electrons. The first-order valence-electron chi connectivity index (χ1n) is 4.78. The van der Waals surface area contributed by atoms with Crippen LogP contribution in [0.1, 0.15) is 30.0 Å². The third-order valence-electron chi connectivity index (χ3n) is 2.24. The summed E-state index contributed by atoms with van der Waals surface area (Å²) in [6.45, 7) is 3.61. The molecule has 0 aliphatic heterocycles. The maximum absolute atomic E-state index is 9.58. The third-order valence-corrected chi connectivity index (χ3v) is 2.24. The summed E-state index contributed by atoms with van der Waals surface area (Å²) in [4.78, 5) is 0. The van der Waals surface area contributed by atoms with Crippen LogP contribution >= 0.6 is 12.4 Å². The van der Waals surface area contributed by atoms with Crippen LogP contribution < -0.4 is 5.73 Å². The highest BCUT2D eigenvalue weighted by atomic mass is 35.5. The summed E-state index contributed by atoms with van der Waals surface area (Å²) in [5, 5.41) is 18.3. The van der Waals surface area contributed by atoms with Crippen molar-refractivity contribution >= 4 is 12.4 Å². The second-order valence-electron chi connectivity index (χ2n) is 3.36. The fourth-order valence-electron chi connectivity index (χ4n) is 1.37. The van der Waals surface area contributed by atoms with E-state index >= 15 is 0 Å². The molecule has 0 fully saturated rings. The van der Waals surface area contributed by atoms with Gasteiger partial charge in [-0.3, -0.25) is 0 Å². The molecule has 1 aromatic carbocycles. The number of nitrogens with two attached hydrogens (primary N) is 1. The highest BCUT2D eigenvalue weighted by Gasteiger charge is 2.10. The Balaban J connectivity index is 0.00000225. The Morgan fingerprint density at radius 1 is 1.56 bits per heavy atom. The fourth-order valence-corrected chi connectivity index (χ4v) is 1.37. The molecular weight excluding hydrogens is 224 g/mol. The first-order valence-corrected chi connectivity index (χ1v) is 4.78. The van der Waals surface area contributed by atoms with E-state index in [0.29, 0.717) is 17.5 Å². The van der Waals surface area contributed by atoms with Crippen molar-refractivity contribution in [2.75, 3.05) is 0 Å². The fraction of sp³-hybridized carbons (Fsp3) is 0.250. The minimum atomic E-state index is -0.253. The van der Waals surface area contributed by atoms with Crippen LogP contribution in [0.25, 0.3) is 0 Å². The van der Waals surface area contributed by atoms with Gasteiger partial charge in [-0.15, -0.1) is 19.0 Å². The van der Waals surface area contributed by atoms with E-state index in [1.54, 1.807) is 18.2 Å². The van der Waals surface area contributed by atoms with Gasteiger partial charge in [0, 0.05) is 11.6 Å². The number of benzene rings is 1. The number of halogens is 1. The summed E-state index contributed by atoms with van der Waals surface area (Å²) in [6.07, 6.45) is 3.29. The lowest BCUT2D eigenvalue weighted by molar-refractivity contribution is 0.459. The predicted molar refractivity (Wildman–Crippen MR) is 66.4 cm³/mol. The molecule has 1 atom stereocenters. The smallest absolute Gasteiger partial charge is 0.120 e. The van der Waals surface area contributed by atoms with Crippen molar-refractivity contribution < 1.29 is 5.11 Å². The average Bonchev–Trinajstić information content (AvgIpc) is 2.26. The monoisotopic (exact) mass is 238 g/mol. The highest BCUT2D eigenvalue weighted by Crippen LogP contribution is 2.26. The predicted octanol–water partition coefficient (Wildman–Crippen LogP) is 2.65. The zero-order chi connectivity index (χ0) is 11.3. The summed E-state index contributed by atoms with van der Waals surface area (Å²) in [6, 6.07) is 6.46. The molecule has 0 heterocycles. The Morgan fingerprint density at radius 3 is 2.81 bits per heavy atom. The molecule has 0 aromatic heterocycles. The van der Waals surface area contributed by atoms with Gasteiger partial charge in [0.1, 0.15) is 5.75 Å². The number of hydrogen-bond acceptors (Lipinski definition) is 3. The van der Waals surface area contributed by atoms with Crippen LogP contribution in [0.5, 0.6) is 5.75 Å². The van der Waals surface area contributed by atoms with Crippen molar-refractivity contribution in [3.05, 3.63) is 42.0 Å². The van der Waals surface area contributed by atoms with Gasteiger partial charge in [0.05, 0.1) is 11.6 Å². The zero-order valence-corrected chi connectivity index (χ0v) is 9.70. The number of phenolic OH excluding ortho intramolecular Hbond substituents is 1.